The molecule has 6 heteroatoms. The fourth-order valence-corrected chi connectivity index (χ4v) is 4.63. The maximum atomic E-state index is 13.9. The highest BCUT2D eigenvalue weighted by Crippen LogP contribution is 2.39. The second kappa shape index (κ2) is 7.65. The van der Waals surface area contributed by atoms with Gasteiger partial charge >= 0.3 is 0 Å². The Bertz CT molecular complexity index is 643. The quantitative estimate of drug-likeness (QED) is 0.640. The molecular weight excluding hydrogens is 355 g/mol. The Balaban J connectivity index is 2.04. The van der Waals surface area contributed by atoms with E-state index in [0.29, 0.717) is 5.69 Å². The van der Waals surface area contributed by atoms with E-state index in [9.17, 15) is 4.39 Å². The molecule has 0 radical (unpaired) electrons. The molecule has 1 aliphatic rings. The Morgan fingerprint density at radius 2 is 2.00 bits per heavy atom. The largest absolute Gasteiger partial charge is 0.414 e. The Kier molecular flexibility index (Phi) is 6.19. The lowest BCUT2D eigenvalue weighted by Crippen LogP contribution is -2.46. The summed E-state index contributed by atoms with van der Waals surface area (Å²) in [7, 11) is -1.79. The summed E-state index contributed by atoms with van der Waals surface area (Å²) in [4.78, 5) is 0. The summed E-state index contributed by atoms with van der Waals surface area (Å²) in [5, 5.41) is 12.6. The fraction of sp³-hybridized carbons (Fsp3) is 0.632. The van der Waals surface area contributed by atoms with E-state index in [1.807, 2.05) is 0 Å². The molecule has 0 aliphatic heterocycles. The van der Waals surface area contributed by atoms with Gasteiger partial charge in [0.05, 0.1) is 5.02 Å². The van der Waals surface area contributed by atoms with Crippen LogP contribution in [0.3, 0.4) is 0 Å². The van der Waals surface area contributed by atoms with Crippen molar-refractivity contribution in [1.82, 2.24) is 0 Å². The number of benzene rings is 1. The van der Waals surface area contributed by atoms with Crippen LogP contribution in [-0.2, 0) is 4.43 Å². The van der Waals surface area contributed by atoms with Crippen LogP contribution in [0, 0.1) is 17.1 Å². The van der Waals surface area contributed by atoms with Crippen LogP contribution in [0.2, 0.25) is 23.2 Å². The number of nitriles is 1. The number of halogens is 2. The monoisotopic (exact) mass is 382 g/mol. The fourth-order valence-electron chi connectivity index (χ4n) is 2.98. The highest BCUT2D eigenvalue weighted by molar-refractivity contribution is 6.74. The Hall–Kier alpha value is -1.09. The predicted molar refractivity (Wildman–Crippen MR) is 104 cm³/mol. The second-order valence-electron chi connectivity index (χ2n) is 8.43. The molecule has 1 saturated carbocycles. The third-order valence-electron chi connectivity index (χ3n) is 5.42. The number of hydrogen-bond acceptors (Lipinski definition) is 3. The predicted octanol–water partition coefficient (Wildman–Crippen LogP) is 6.10. The van der Waals surface area contributed by atoms with Crippen molar-refractivity contribution < 1.29 is 8.82 Å². The van der Waals surface area contributed by atoms with Crippen LogP contribution >= 0.6 is 11.6 Å². The molecule has 2 atom stereocenters. The van der Waals surface area contributed by atoms with Gasteiger partial charge in [-0.1, -0.05) is 32.4 Å². The first kappa shape index (κ1) is 20.2. The average Bonchev–Trinajstić information content (AvgIpc) is 2.45. The van der Waals surface area contributed by atoms with Crippen molar-refractivity contribution >= 4 is 25.6 Å². The first-order valence-electron chi connectivity index (χ1n) is 8.87. The van der Waals surface area contributed by atoms with Gasteiger partial charge in [-0.3, -0.25) is 0 Å². The van der Waals surface area contributed by atoms with E-state index in [1.165, 1.54) is 6.07 Å². The summed E-state index contributed by atoms with van der Waals surface area (Å²) in [6.45, 7) is 11.3. The molecular formula is C19H28ClFN2OSi. The molecule has 2 rings (SSSR count). The minimum absolute atomic E-state index is 0.102. The Morgan fingerprint density at radius 3 is 2.56 bits per heavy atom. The molecule has 0 spiro atoms. The van der Waals surface area contributed by atoms with Gasteiger partial charge in [-0.25, -0.2) is 4.39 Å². The molecule has 1 N–H and O–H groups in total. The van der Waals surface area contributed by atoms with Gasteiger partial charge in [-0.05, 0) is 55.9 Å². The third-order valence-corrected chi connectivity index (χ3v) is 10.3. The molecule has 1 aliphatic carbocycles. The molecule has 3 nitrogen and oxygen atoms in total. The number of nitrogens with zero attached hydrogens (tertiary/aromatic N) is 1. The Labute approximate surface area is 156 Å². The van der Waals surface area contributed by atoms with Crippen molar-refractivity contribution in [2.75, 3.05) is 5.32 Å². The van der Waals surface area contributed by atoms with E-state index < -0.39 is 14.1 Å². The third kappa shape index (κ3) is 4.96. The molecule has 0 aromatic heterocycles. The van der Waals surface area contributed by atoms with Gasteiger partial charge in [0, 0.05) is 17.8 Å². The van der Waals surface area contributed by atoms with Crippen LogP contribution in [0.5, 0.6) is 0 Å². The van der Waals surface area contributed by atoms with Crippen molar-refractivity contribution in [2.24, 2.45) is 0 Å². The van der Waals surface area contributed by atoms with Crippen LogP contribution in [0.25, 0.3) is 0 Å². The normalized spacial score (nSPS) is 21.7. The molecule has 25 heavy (non-hydrogen) atoms. The molecule has 1 aromatic carbocycles. The summed E-state index contributed by atoms with van der Waals surface area (Å²) in [5.74, 6) is -0.581. The summed E-state index contributed by atoms with van der Waals surface area (Å²) >= 11 is 6.00. The second-order valence-corrected chi connectivity index (χ2v) is 13.6. The van der Waals surface area contributed by atoms with Gasteiger partial charge in [0.2, 0.25) is 0 Å². The van der Waals surface area contributed by atoms with E-state index in [-0.39, 0.29) is 27.8 Å². The lowest BCUT2D eigenvalue weighted by Gasteiger charge is -2.41. The van der Waals surface area contributed by atoms with Crippen LogP contribution in [0.15, 0.2) is 12.1 Å². The molecule has 0 saturated heterocycles. The minimum atomic E-state index is -1.79. The topological polar surface area (TPSA) is 45.0 Å². The smallest absolute Gasteiger partial charge is 0.192 e. The first-order valence-corrected chi connectivity index (χ1v) is 12.2. The van der Waals surface area contributed by atoms with Crippen molar-refractivity contribution in [1.29, 1.82) is 5.26 Å². The van der Waals surface area contributed by atoms with Gasteiger partial charge in [-0.2, -0.15) is 5.26 Å². The van der Waals surface area contributed by atoms with Crippen LogP contribution in [-0.4, -0.2) is 20.5 Å². The standard InChI is InChI=1S/C19H28ClFN2OSi/c1-19(2,3)25(4,5)24-15-8-6-7-13(9-15)23-14-10-17(20)16(12-22)18(21)11-14/h10-11,13,15,23H,6-9H2,1-5H3. The Morgan fingerprint density at radius 1 is 1.32 bits per heavy atom. The maximum Gasteiger partial charge on any atom is 0.192 e. The van der Waals surface area contributed by atoms with E-state index in [2.05, 4.69) is 39.2 Å². The van der Waals surface area contributed by atoms with Crippen molar-refractivity contribution in [3.63, 3.8) is 0 Å². The lowest BCUT2D eigenvalue weighted by molar-refractivity contribution is 0.132. The van der Waals surface area contributed by atoms with E-state index >= 15 is 0 Å². The van der Waals surface area contributed by atoms with Gasteiger partial charge in [0.15, 0.2) is 8.32 Å². The number of hydrogen-bond donors (Lipinski definition) is 1. The average molecular weight is 383 g/mol. The number of anilines is 1. The number of nitrogens with one attached hydrogen (secondary N) is 1. The minimum Gasteiger partial charge on any atom is -0.414 e. The zero-order valence-corrected chi connectivity index (χ0v) is 17.5. The van der Waals surface area contributed by atoms with Gasteiger partial charge in [0.25, 0.3) is 0 Å². The van der Waals surface area contributed by atoms with Gasteiger partial charge < -0.3 is 9.74 Å². The molecule has 138 valence electrons. The number of rotatable bonds is 4. The summed E-state index contributed by atoms with van der Waals surface area (Å²) < 4.78 is 20.5. The molecule has 0 heterocycles. The molecule has 0 amide bonds. The highest BCUT2D eigenvalue weighted by atomic mass is 35.5. The molecule has 2 unspecified atom stereocenters. The summed E-state index contributed by atoms with van der Waals surface area (Å²) in [6.07, 6.45) is 4.34. The lowest BCUT2D eigenvalue weighted by atomic mass is 9.93. The van der Waals surface area contributed by atoms with Gasteiger partial charge in [-0.15, -0.1) is 0 Å². The van der Waals surface area contributed by atoms with E-state index in [4.69, 9.17) is 21.3 Å². The molecule has 0 bridgehead atoms. The van der Waals surface area contributed by atoms with Crippen molar-refractivity contribution in [2.45, 2.75) is 76.7 Å². The summed E-state index contributed by atoms with van der Waals surface area (Å²) in [5.41, 5.74) is 0.523. The van der Waals surface area contributed by atoms with Gasteiger partial charge in [0.1, 0.15) is 17.4 Å². The molecule has 1 fully saturated rings. The highest BCUT2D eigenvalue weighted by Gasteiger charge is 2.40. The SMILES string of the molecule is CC(C)(C)[Si](C)(C)OC1CCCC(Nc2cc(F)c(C#N)c(Cl)c2)C1. The van der Waals surface area contributed by atoms with Crippen molar-refractivity contribution in [3.8, 4) is 6.07 Å². The van der Waals surface area contributed by atoms with Crippen LogP contribution < -0.4 is 5.32 Å². The van der Waals surface area contributed by atoms with Crippen molar-refractivity contribution in [3.05, 3.63) is 28.5 Å². The molecule has 1 aromatic rings. The zero-order chi connectivity index (χ0) is 18.8. The summed E-state index contributed by atoms with van der Waals surface area (Å²) in [6, 6.07) is 5.00. The maximum absolute atomic E-state index is 13.9. The van der Waals surface area contributed by atoms with E-state index in [0.717, 1.165) is 25.7 Å². The van der Waals surface area contributed by atoms with Crippen LogP contribution in [0.1, 0.15) is 52.0 Å². The van der Waals surface area contributed by atoms with Crippen LogP contribution in [0.4, 0.5) is 10.1 Å². The van der Waals surface area contributed by atoms with E-state index in [1.54, 1.807) is 12.1 Å². The first-order chi connectivity index (χ1) is 11.5. The zero-order valence-electron chi connectivity index (χ0n) is 15.7.